The SMILES string of the molecule is CCC(N)c1nc(C(C)(C)C)cc(=O)[nH]1. The second kappa shape index (κ2) is 4.14. The molecule has 0 spiro atoms. The van der Waals surface area contributed by atoms with E-state index >= 15 is 0 Å². The second-order valence-electron chi connectivity index (χ2n) is 4.78. The molecule has 0 aliphatic heterocycles. The molecular weight excluding hydrogens is 190 g/mol. The highest BCUT2D eigenvalue weighted by Crippen LogP contribution is 2.19. The fourth-order valence-corrected chi connectivity index (χ4v) is 1.23. The van der Waals surface area contributed by atoms with Crippen LogP contribution in [0.2, 0.25) is 0 Å². The zero-order chi connectivity index (χ0) is 11.6. The van der Waals surface area contributed by atoms with Crippen LogP contribution >= 0.6 is 0 Å². The van der Waals surface area contributed by atoms with E-state index in [0.717, 1.165) is 12.1 Å². The molecule has 1 aromatic heterocycles. The number of aromatic nitrogens is 2. The van der Waals surface area contributed by atoms with Crippen molar-refractivity contribution in [2.75, 3.05) is 0 Å². The Kier molecular flexibility index (Phi) is 3.29. The molecule has 0 radical (unpaired) electrons. The highest BCUT2D eigenvalue weighted by atomic mass is 16.1. The van der Waals surface area contributed by atoms with E-state index in [1.807, 2.05) is 27.7 Å². The van der Waals surface area contributed by atoms with Gasteiger partial charge in [0, 0.05) is 11.5 Å². The number of nitrogens with one attached hydrogen (secondary N) is 1. The molecule has 0 aliphatic rings. The Morgan fingerprint density at radius 3 is 2.60 bits per heavy atom. The molecule has 0 fully saturated rings. The molecule has 1 aromatic rings. The van der Waals surface area contributed by atoms with Crippen molar-refractivity contribution in [3.63, 3.8) is 0 Å². The molecule has 1 heterocycles. The van der Waals surface area contributed by atoms with E-state index in [1.165, 1.54) is 6.07 Å². The first-order valence-electron chi connectivity index (χ1n) is 5.22. The normalized spacial score (nSPS) is 13.9. The molecule has 1 unspecified atom stereocenters. The predicted molar refractivity (Wildman–Crippen MR) is 60.8 cm³/mol. The van der Waals surface area contributed by atoms with Gasteiger partial charge in [-0.25, -0.2) is 4.98 Å². The third kappa shape index (κ3) is 2.89. The van der Waals surface area contributed by atoms with Crippen molar-refractivity contribution in [2.45, 2.75) is 45.6 Å². The van der Waals surface area contributed by atoms with Crippen molar-refractivity contribution in [1.82, 2.24) is 9.97 Å². The number of hydrogen-bond donors (Lipinski definition) is 2. The number of nitrogens with zero attached hydrogens (tertiary/aromatic N) is 1. The summed E-state index contributed by atoms with van der Waals surface area (Å²) in [5, 5.41) is 0. The van der Waals surface area contributed by atoms with Crippen molar-refractivity contribution in [1.29, 1.82) is 0 Å². The molecule has 0 aromatic carbocycles. The van der Waals surface area contributed by atoms with Crippen LogP contribution in [0.15, 0.2) is 10.9 Å². The van der Waals surface area contributed by atoms with E-state index in [-0.39, 0.29) is 17.0 Å². The van der Waals surface area contributed by atoms with Gasteiger partial charge in [-0.05, 0) is 6.42 Å². The van der Waals surface area contributed by atoms with Crippen LogP contribution in [0.25, 0.3) is 0 Å². The van der Waals surface area contributed by atoms with E-state index in [4.69, 9.17) is 5.73 Å². The van der Waals surface area contributed by atoms with Crippen molar-refractivity contribution >= 4 is 0 Å². The van der Waals surface area contributed by atoms with Crippen LogP contribution < -0.4 is 11.3 Å². The zero-order valence-electron chi connectivity index (χ0n) is 9.79. The molecular formula is C11H19N3O. The van der Waals surface area contributed by atoms with Crippen LogP contribution in [0.3, 0.4) is 0 Å². The Morgan fingerprint density at radius 1 is 1.53 bits per heavy atom. The van der Waals surface area contributed by atoms with Crippen LogP contribution in [0.1, 0.15) is 51.7 Å². The van der Waals surface area contributed by atoms with Crippen LogP contribution in [-0.2, 0) is 5.41 Å². The summed E-state index contributed by atoms with van der Waals surface area (Å²) in [5.41, 5.74) is 6.37. The van der Waals surface area contributed by atoms with Gasteiger partial charge in [0.15, 0.2) is 0 Å². The average Bonchev–Trinajstić information content (AvgIpc) is 2.14. The van der Waals surface area contributed by atoms with E-state index in [1.54, 1.807) is 0 Å². The Morgan fingerprint density at radius 2 is 2.13 bits per heavy atom. The second-order valence-corrected chi connectivity index (χ2v) is 4.78. The third-order valence-electron chi connectivity index (χ3n) is 2.32. The van der Waals surface area contributed by atoms with Crippen LogP contribution in [0.5, 0.6) is 0 Å². The van der Waals surface area contributed by atoms with E-state index < -0.39 is 0 Å². The average molecular weight is 209 g/mol. The molecule has 0 saturated heterocycles. The van der Waals surface area contributed by atoms with Gasteiger partial charge in [0.25, 0.3) is 5.56 Å². The highest BCUT2D eigenvalue weighted by Gasteiger charge is 2.18. The number of hydrogen-bond acceptors (Lipinski definition) is 3. The highest BCUT2D eigenvalue weighted by molar-refractivity contribution is 5.13. The zero-order valence-corrected chi connectivity index (χ0v) is 9.79. The minimum absolute atomic E-state index is 0.129. The van der Waals surface area contributed by atoms with E-state index in [9.17, 15) is 4.79 Å². The van der Waals surface area contributed by atoms with Crippen LogP contribution in [0.4, 0.5) is 0 Å². The lowest BCUT2D eigenvalue weighted by Gasteiger charge is -2.19. The van der Waals surface area contributed by atoms with Gasteiger partial charge >= 0.3 is 0 Å². The van der Waals surface area contributed by atoms with Crippen LogP contribution in [0, 0.1) is 0 Å². The molecule has 3 N–H and O–H groups in total. The third-order valence-corrected chi connectivity index (χ3v) is 2.32. The lowest BCUT2D eigenvalue weighted by atomic mass is 9.92. The summed E-state index contributed by atoms with van der Waals surface area (Å²) in [4.78, 5) is 18.5. The van der Waals surface area contributed by atoms with Gasteiger partial charge in [-0.1, -0.05) is 27.7 Å². The Labute approximate surface area is 89.9 Å². The van der Waals surface area contributed by atoms with Crippen molar-refractivity contribution in [2.24, 2.45) is 5.73 Å². The molecule has 15 heavy (non-hydrogen) atoms. The summed E-state index contributed by atoms with van der Waals surface area (Å²) >= 11 is 0. The molecule has 1 rings (SSSR count). The van der Waals surface area contributed by atoms with Gasteiger partial charge in [-0.3, -0.25) is 4.79 Å². The maximum atomic E-state index is 11.4. The lowest BCUT2D eigenvalue weighted by molar-refractivity contribution is 0.547. The molecule has 4 nitrogen and oxygen atoms in total. The van der Waals surface area contributed by atoms with Gasteiger partial charge in [0.05, 0.1) is 11.7 Å². The Bertz CT molecular complexity index is 390. The summed E-state index contributed by atoms with van der Waals surface area (Å²) < 4.78 is 0. The number of aromatic amines is 1. The minimum atomic E-state index is -0.194. The molecule has 1 atom stereocenters. The van der Waals surface area contributed by atoms with Gasteiger partial charge in [-0.2, -0.15) is 0 Å². The lowest BCUT2D eigenvalue weighted by Crippen LogP contribution is -2.24. The van der Waals surface area contributed by atoms with Crippen LogP contribution in [-0.4, -0.2) is 9.97 Å². The maximum absolute atomic E-state index is 11.4. The number of H-pyrrole nitrogens is 1. The summed E-state index contributed by atoms with van der Waals surface area (Å²) in [6.07, 6.45) is 0.760. The van der Waals surface area contributed by atoms with Gasteiger partial charge < -0.3 is 10.7 Å². The number of nitrogens with two attached hydrogens (primary N) is 1. The van der Waals surface area contributed by atoms with Crippen molar-refractivity contribution < 1.29 is 0 Å². The largest absolute Gasteiger partial charge is 0.321 e. The minimum Gasteiger partial charge on any atom is -0.321 e. The Hall–Kier alpha value is -1.16. The Balaban J connectivity index is 3.23. The topological polar surface area (TPSA) is 71.8 Å². The fraction of sp³-hybridized carbons (Fsp3) is 0.636. The molecule has 0 aliphatic carbocycles. The first-order chi connectivity index (χ1) is 6.84. The van der Waals surface area contributed by atoms with E-state index in [0.29, 0.717) is 5.82 Å². The van der Waals surface area contributed by atoms with Crippen molar-refractivity contribution in [3.8, 4) is 0 Å². The monoisotopic (exact) mass is 209 g/mol. The predicted octanol–water partition coefficient (Wildman–Crippen LogP) is 1.48. The van der Waals surface area contributed by atoms with E-state index in [2.05, 4.69) is 9.97 Å². The molecule has 4 heteroatoms. The molecule has 0 amide bonds. The summed E-state index contributed by atoms with van der Waals surface area (Å²) in [5.74, 6) is 0.579. The van der Waals surface area contributed by atoms with Gasteiger partial charge in [0.1, 0.15) is 5.82 Å². The summed E-state index contributed by atoms with van der Waals surface area (Å²) in [6, 6.07) is 1.34. The molecule has 0 saturated carbocycles. The maximum Gasteiger partial charge on any atom is 0.251 e. The summed E-state index contributed by atoms with van der Waals surface area (Å²) in [6.45, 7) is 8.04. The smallest absolute Gasteiger partial charge is 0.251 e. The molecule has 0 bridgehead atoms. The fourth-order valence-electron chi connectivity index (χ4n) is 1.23. The quantitative estimate of drug-likeness (QED) is 0.775. The van der Waals surface area contributed by atoms with Crippen molar-refractivity contribution in [3.05, 3.63) is 27.9 Å². The van der Waals surface area contributed by atoms with Gasteiger partial charge in [0.2, 0.25) is 0 Å². The van der Waals surface area contributed by atoms with Gasteiger partial charge in [-0.15, -0.1) is 0 Å². The number of rotatable bonds is 2. The summed E-state index contributed by atoms with van der Waals surface area (Å²) in [7, 11) is 0. The standard InChI is InChI=1S/C11H19N3O/c1-5-7(12)10-13-8(11(2,3)4)6-9(15)14-10/h6-7H,5,12H2,1-4H3,(H,13,14,15). The first-order valence-corrected chi connectivity index (χ1v) is 5.22. The molecule has 84 valence electrons. The first kappa shape index (κ1) is 11.9.